The zero-order valence-corrected chi connectivity index (χ0v) is 23.2. The molecular formula is C29H27Cl2F3N2O5. The van der Waals surface area contributed by atoms with Crippen molar-refractivity contribution < 1.29 is 37.3 Å². The number of halogens is 5. The molecule has 0 saturated carbocycles. The highest BCUT2D eigenvalue weighted by Gasteiger charge is 2.31. The summed E-state index contributed by atoms with van der Waals surface area (Å²) in [5.41, 5.74) is 1.60. The number of carbonyl (C=O) groups excluding carboxylic acids is 1. The van der Waals surface area contributed by atoms with E-state index in [9.17, 15) is 27.9 Å². The van der Waals surface area contributed by atoms with Crippen LogP contribution in [0.15, 0.2) is 66.7 Å². The third kappa shape index (κ3) is 9.01. The van der Waals surface area contributed by atoms with Gasteiger partial charge in [0.15, 0.2) is 0 Å². The number of hydrogen-bond donors (Lipinski definition) is 2. The first kappa shape index (κ1) is 30.5. The largest absolute Gasteiger partial charge is 0.573 e. The molecule has 12 heteroatoms. The fraction of sp³-hybridized carbons (Fsp3) is 0.310. The van der Waals surface area contributed by atoms with Gasteiger partial charge in [-0.05, 0) is 60.4 Å². The van der Waals surface area contributed by atoms with Crippen LogP contribution in [0.2, 0.25) is 10.0 Å². The van der Waals surface area contributed by atoms with Gasteiger partial charge in [-0.3, -0.25) is 9.69 Å². The van der Waals surface area contributed by atoms with Crippen molar-refractivity contribution in [2.24, 2.45) is 0 Å². The smallest absolute Gasteiger partial charge is 0.490 e. The Hall–Kier alpha value is -3.47. The minimum Gasteiger partial charge on any atom is -0.490 e. The van der Waals surface area contributed by atoms with Crippen molar-refractivity contribution in [3.8, 4) is 11.5 Å². The van der Waals surface area contributed by atoms with Crippen LogP contribution in [0.1, 0.15) is 34.3 Å². The van der Waals surface area contributed by atoms with Gasteiger partial charge in [0.25, 0.3) is 5.91 Å². The predicted octanol–water partition coefficient (Wildman–Crippen LogP) is 6.36. The van der Waals surface area contributed by atoms with Gasteiger partial charge in [0.1, 0.15) is 23.6 Å². The van der Waals surface area contributed by atoms with Crippen molar-refractivity contribution in [1.29, 1.82) is 0 Å². The first-order chi connectivity index (χ1) is 19.5. The van der Waals surface area contributed by atoms with E-state index in [4.69, 9.17) is 27.9 Å². The van der Waals surface area contributed by atoms with E-state index in [1.54, 1.807) is 42.5 Å². The Kier molecular flexibility index (Phi) is 10.0. The summed E-state index contributed by atoms with van der Waals surface area (Å²) in [6.45, 7) is 2.13. The van der Waals surface area contributed by atoms with E-state index in [0.717, 1.165) is 31.5 Å². The lowest BCUT2D eigenvalue weighted by Crippen LogP contribution is -2.42. The number of carboxylic acid groups (broad SMARTS) is 1. The molecule has 3 aromatic rings. The lowest BCUT2D eigenvalue weighted by Gasteiger charge is -2.32. The number of aliphatic carboxylic acids is 1. The molecule has 0 bridgehead atoms. The maximum Gasteiger partial charge on any atom is 0.573 e. The Morgan fingerprint density at radius 2 is 1.49 bits per heavy atom. The topological polar surface area (TPSA) is 88.1 Å². The molecule has 0 spiro atoms. The maximum atomic E-state index is 12.6. The average molecular weight is 611 g/mol. The summed E-state index contributed by atoms with van der Waals surface area (Å²) in [6, 6.07) is 16.3. The summed E-state index contributed by atoms with van der Waals surface area (Å²) < 4.78 is 47.0. The number of nitrogens with one attached hydrogen (secondary N) is 1. The average Bonchev–Trinajstić information content (AvgIpc) is 2.90. The number of alkyl halides is 3. The SMILES string of the molecule is O=C(N[C@@H](Cc1ccc(OC2CCN(Cc3ccc(OC(F)(F)F)cc3)CC2)cc1)C(=O)O)c1c(Cl)cccc1Cl. The van der Waals surface area contributed by atoms with Crippen molar-refractivity contribution in [3.05, 3.63) is 93.5 Å². The molecule has 7 nitrogen and oxygen atoms in total. The Labute approximate surface area is 244 Å². The molecule has 4 rings (SSSR count). The lowest BCUT2D eigenvalue weighted by atomic mass is 10.0. The highest BCUT2D eigenvalue weighted by molar-refractivity contribution is 6.39. The molecule has 41 heavy (non-hydrogen) atoms. The number of rotatable bonds is 10. The second-order valence-corrected chi connectivity index (χ2v) is 10.4. The number of likely N-dealkylation sites (tertiary alicyclic amines) is 1. The minimum atomic E-state index is -4.71. The van der Waals surface area contributed by atoms with Gasteiger partial charge in [0.05, 0.1) is 15.6 Å². The predicted molar refractivity (Wildman–Crippen MR) is 148 cm³/mol. The Morgan fingerprint density at radius 3 is 2.05 bits per heavy atom. The van der Waals surface area contributed by atoms with Crippen LogP contribution in [-0.2, 0) is 17.8 Å². The standard InChI is InChI=1S/C29H27Cl2F3N2O5/c30-23-2-1-3-24(31)26(23)27(37)35-25(28(38)39)16-18-4-8-20(9-5-18)40-21-12-14-36(15-13-21)17-19-6-10-22(11-7-19)41-29(32,33)34/h1-11,21,25H,12-17H2,(H,35,37)(H,38,39)/t25-/m0/s1. The molecule has 1 heterocycles. The highest BCUT2D eigenvalue weighted by Crippen LogP contribution is 2.26. The molecule has 0 aromatic heterocycles. The number of piperidine rings is 1. The van der Waals surface area contributed by atoms with E-state index in [1.807, 2.05) is 0 Å². The number of carbonyl (C=O) groups is 2. The molecule has 0 unspecified atom stereocenters. The van der Waals surface area contributed by atoms with Crippen LogP contribution in [0, 0.1) is 0 Å². The van der Waals surface area contributed by atoms with Gasteiger partial charge >= 0.3 is 12.3 Å². The summed E-state index contributed by atoms with van der Waals surface area (Å²) in [7, 11) is 0. The van der Waals surface area contributed by atoms with E-state index in [1.165, 1.54) is 24.3 Å². The van der Waals surface area contributed by atoms with E-state index < -0.39 is 24.3 Å². The zero-order valence-electron chi connectivity index (χ0n) is 21.7. The second kappa shape index (κ2) is 13.5. The second-order valence-electron chi connectivity index (χ2n) is 9.59. The lowest BCUT2D eigenvalue weighted by molar-refractivity contribution is -0.274. The third-order valence-electron chi connectivity index (χ3n) is 6.56. The molecule has 0 radical (unpaired) electrons. The van der Waals surface area contributed by atoms with Crippen LogP contribution < -0.4 is 14.8 Å². The first-order valence-corrected chi connectivity index (χ1v) is 13.5. The molecular weight excluding hydrogens is 584 g/mol. The summed E-state index contributed by atoms with van der Waals surface area (Å²) in [6.07, 6.45) is -3.13. The number of amides is 1. The van der Waals surface area contributed by atoms with Crippen LogP contribution in [-0.4, -0.2) is 53.5 Å². The highest BCUT2D eigenvalue weighted by atomic mass is 35.5. The van der Waals surface area contributed by atoms with E-state index in [0.29, 0.717) is 17.9 Å². The van der Waals surface area contributed by atoms with Gasteiger partial charge in [0.2, 0.25) is 0 Å². The van der Waals surface area contributed by atoms with Gasteiger partial charge in [0, 0.05) is 26.1 Å². The Morgan fingerprint density at radius 1 is 0.927 bits per heavy atom. The van der Waals surface area contributed by atoms with Crippen molar-refractivity contribution in [1.82, 2.24) is 10.2 Å². The number of nitrogens with zero attached hydrogens (tertiary/aromatic N) is 1. The van der Waals surface area contributed by atoms with Gasteiger partial charge in [-0.15, -0.1) is 13.2 Å². The van der Waals surface area contributed by atoms with Crippen LogP contribution >= 0.6 is 23.2 Å². The minimum absolute atomic E-state index is 0.00825. The quantitative estimate of drug-likeness (QED) is 0.278. The Bertz CT molecular complexity index is 1330. The first-order valence-electron chi connectivity index (χ1n) is 12.8. The number of hydrogen-bond acceptors (Lipinski definition) is 5. The van der Waals surface area contributed by atoms with Crippen LogP contribution in [0.25, 0.3) is 0 Å². The van der Waals surface area contributed by atoms with Crippen LogP contribution in [0.5, 0.6) is 11.5 Å². The van der Waals surface area contributed by atoms with E-state index in [-0.39, 0.29) is 33.9 Å². The van der Waals surface area contributed by atoms with Gasteiger partial charge < -0.3 is 19.9 Å². The van der Waals surface area contributed by atoms with Crippen molar-refractivity contribution in [3.63, 3.8) is 0 Å². The summed E-state index contributed by atoms with van der Waals surface area (Å²) in [5, 5.41) is 12.4. The summed E-state index contributed by atoms with van der Waals surface area (Å²) in [4.78, 5) is 26.7. The molecule has 3 aromatic carbocycles. The fourth-order valence-corrected chi connectivity index (χ4v) is 5.09. The molecule has 1 aliphatic heterocycles. The number of ether oxygens (including phenoxy) is 2. The summed E-state index contributed by atoms with van der Waals surface area (Å²) >= 11 is 12.1. The van der Waals surface area contributed by atoms with E-state index in [2.05, 4.69) is 15.0 Å². The van der Waals surface area contributed by atoms with Crippen molar-refractivity contribution in [2.45, 2.75) is 44.3 Å². The molecule has 1 fully saturated rings. The number of benzene rings is 3. The molecule has 2 N–H and O–H groups in total. The summed E-state index contributed by atoms with van der Waals surface area (Å²) in [5.74, 6) is -1.47. The molecule has 1 amide bonds. The zero-order chi connectivity index (χ0) is 29.6. The normalized spacial score (nSPS) is 15.2. The fourth-order valence-electron chi connectivity index (χ4n) is 4.52. The third-order valence-corrected chi connectivity index (χ3v) is 7.19. The molecule has 218 valence electrons. The van der Waals surface area contributed by atoms with Crippen LogP contribution in [0.3, 0.4) is 0 Å². The maximum absolute atomic E-state index is 12.6. The van der Waals surface area contributed by atoms with E-state index >= 15 is 0 Å². The molecule has 0 aliphatic carbocycles. The van der Waals surface area contributed by atoms with Gasteiger partial charge in [-0.25, -0.2) is 4.79 Å². The Balaban J connectivity index is 1.25. The van der Waals surface area contributed by atoms with Crippen LogP contribution in [0.4, 0.5) is 13.2 Å². The number of carboxylic acids is 1. The molecule has 1 aliphatic rings. The van der Waals surface area contributed by atoms with Gasteiger partial charge in [-0.1, -0.05) is 53.5 Å². The van der Waals surface area contributed by atoms with Crippen molar-refractivity contribution >= 4 is 35.1 Å². The molecule has 1 atom stereocenters. The molecule has 1 saturated heterocycles. The monoisotopic (exact) mass is 610 g/mol. The van der Waals surface area contributed by atoms with Crippen molar-refractivity contribution in [2.75, 3.05) is 13.1 Å². The van der Waals surface area contributed by atoms with Gasteiger partial charge in [-0.2, -0.15) is 0 Å².